The molecule has 0 amide bonds. The number of methoxy groups -OCH3 is 2. The molecule has 5 nitrogen and oxygen atoms in total. The third-order valence-corrected chi connectivity index (χ3v) is 8.12. The van der Waals surface area contributed by atoms with E-state index >= 15 is 4.39 Å². The lowest BCUT2D eigenvalue weighted by molar-refractivity contribution is -0.139. The van der Waals surface area contributed by atoms with Gasteiger partial charge in [-0.3, -0.25) is 4.79 Å². The van der Waals surface area contributed by atoms with Gasteiger partial charge in [0, 0.05) is 18.1 Å². The second-order valence-electron chi connectivity index (χ2n) is 11.6. The van der Waals surface area contributed by atoms with Crippen LogP contribution in [0.2, 0.25) is 0 Å². The summed E-state index contributed by atoms with van der Waals surface area (Å²) < 4.78 is 32.5. The van der Waals surface area contributed by atoms with Gasteiger partial charge < -0.3 is 19.3 Å². The number of halogens is 1. The van der Waals surface area contributed by atoms with Crippen LogP contribution in [0.1, 0.15) is 62.0 Å². The SMILES string of the molecule is COc1ccc(F)c(-c2ccc(COc3ccc4c(c3)[C@]3(CC4)C[C@H]3C(=O)O)cc2[C@H](OC)C(C)(C)C)c1. The lowest BCUT2D eigenvalue weighted by atomic mass is 9.81. The molecule has 3 atom stereocenters. The summed E-state index contributed by atoms with van der Waals surface area (Å²) in [6, 6.07) is 16.7. The Morgan fingerprint density at radius 3 is 2.47 bits per heavy atom. The molecule has 0 unspecified atom stereocenters. The van der Waals surface area contributed by atoms with Crippen molar-refractivity contribution in [1.82, 2.24) is 0 Å². The predicted molar refractivity (Wildman–Crippen MR) is 144 cm³/mol. The molecule has 5 rings (SSSR count). The first-order valence-electron chi connectivity index (χ1n) is 13.1. The van der Waals surface area contributed by atoms with Crippen molar-refractivity contribution in [2.75, 3.05) is 14.2 Å². The maximum Gasteiger partial charge on any atom is 0.307 e. The first-order chi connectivity index (χ1) is 18.1. The van der Waals surface area contributed by atoms with E-state index in [1.807, 2.05) is 30.3 Å². The van der Waals surface area contributed by atoms with Crippen molar-refractivity contribution in [3.05, 3.63) is 82.7 Å². The maximum absolute atomic E-state index is 15.0. The summed E-state index contributed by atoms with van der Waals surface area (Å²) in [4.78, 5) is 11.6. The second kappa shape index (κ2) is 9.73. The van der Waals surface area contributed by atoms with Crippen LogP contribution in [-0.4, -0.2) is 25.3 Å². The van der Waals surface area contributed by atoms with Crippen LogP contribution < -0.4 is 9.47 Å². The highest BCUT2D eigenvalue weighted by molar-refractivity contribution is 5.78. The number of carbonyl (C=O) groups is 1. The van der Waals surface area contributed by atoms with Crippen molar-refractivity contribution in [3.8, 4) is 22.6 Å². The van der Waals surface area contributed by atoms with Gasteiger partial charge in [0.15, 0.2) is 0 Å². The Hall–Kier alpha value is -3.38. The molecule has 3 aromatic carbocycles. The molecule has 1 fully saturated rings. The van der Waals surface area contributed by atoms with E-state index in [1.165, 1.54) is 11.6 Å². The number of hydrogen-bond donors (Lipinski definition) is 1. The summed E-state index contributed by atoms with van der Waals surface area (Å²) in [5.41, 5.74) is 4.90. The first kappa shape index (κ1) is 26.2. The summed E-state index contributed by atoms with van der Waals surface area (Å²) in [6.07, 6.45) is 2.22. The fraction of sp³-hybridized carbons (Fsp3) is 0.406. The quantitative estimate of drug-likeness (QED) is 0.345. The monoisotopic (exact) mass is 518 g/mol. The van der Waals surface area contributed by atoms with E-state index in [0.29, 0.717) is 24.3 Å². The van der Waals surface area contributed by atoms with Crippen molar-refractivity contribution < 1.29 is 28.5 Å². The summed E-state index contributed by atoms with van der Waals surface area (Å²) in [5.74, 6) is -0.0266. The van der Waals surface area contributed by atoms with Crippen LogP contribution in [0.15, 0.2) is 54.6 Å². The molecule has 0 bridgehead atoms. The van der Waals surface area contributed by atoms with Gasteiger partial charge in [0.05, 0.1) is 19.1 Å². The van der Waals surface area contributed by atoms with Gasteiger partial charge in [0.2, 0.25) is 0 Å². The van der Waals surface area contributed by atoms with Crippen molar-refractivity contribution in [3.63, 3.8) is 0 Å². The number of rotatable bonds is 8. The molecule has 0 radical (unpaired) electrons. The molecular formula is C32H35FO5. The third kappa shape index (κ3) is 4.66. The van der Waals surface area contributed by atoms with Crippen molar-refractivity contribution in [1.29, 1.82) is 0 Å². The second-order valence-corrected chi connectivity index (χ2v) is 11.6. The summed E-state index contributed by atoms with van der Waals surface area (Å²) in [7, 11) is 3.24. The zero-order valence-electron chi connectivity index (χ0n) is 22.6. The molecule has 2 aliphatic rings. The van der Waals surface area contributed by atoms with Crippen LogP contribution in [0.5, 0.6) is 11.5 Å². The van der Waals surface area contributed by atoms with Crippen LogP contribution in [0.4, 0.5) is 4.39 Å². The fourth-order valence-electron chi connectivity index (χ4n) is 6.14. The van der Waals surface area contributed by atoms with Crippen LogP contribution in [0, 0.1) is 17.2 Å². The lowest BCUT2D eigenvalue weighted by Gasteiger charge is -2.32. The number of hydrogen-bond acceptors (Lipinski definition) is 4. The molecule has 2 aliphatic carbocycles. The van der Waals surface area contributed by atoms with Crippen LogP contribution in [0.25, 0.3) is 11.1 Å². The molecule has 0 aliphatic heterocycles. The molecular weight excluding hydrogens is 483 g/mol. The predicted octanol–water partition coefficient (Wildman–Crippen LogP) is 7.10. The third-order valence-electron chi connectivity index (χ3n) is 8.12. The maximum atomic E-state index is 15.0. The largest absolute Gasteiger partial charge is 0.497 e. The minimum atomic E-state index is -0.712. The molecule has 6 heteroatoms. The smallest absolute Gasteiger partial charge is 0.307 e. The highest BCUT2D eigenvalue weighted by atomic mass is 19.1. The molecule has 1 spiro atoms. The Morgan fingerprint density at radius 2 is 1.82 bits per heavy atom. The standard InChI is InChI=1S/C32H35FO5/c1-31(2,3)29(37-5)25-14-19(6-10-23(25)24-15-21(36-4)9-11-28(24)33)18-38-22-8-7-20-12-13-32(26(20)16-22)17-27(32)30(34)35/h6-11,14-16,27,29H,12-13,17-18H2,1-5H3,(H,34,35)/t27-,29-,32-/m0/s1. The van der Waals surface area contributed by atoms with Gasteiger partial charge in [0.1, 0.15) is 23.9 Å². The van der Waals surface area contributed by atoms with Crippen molar-refractivity contribution in [2.24, 2.45) is 11.3 Å². The number of fused-ring (bicyclic) bond motifs is 2. The molecule has 200 valence electrons. The Bertz CT molecular complexity index is 1370. The van der Waals surface area contributed by atoms with Crippen molar-refractivity contribution in [2.45, 2.75) is 58.2 Å². The van der Waals surface area contributed by atoms with Gasteiger partial charge in [-0.2, -0.15) is 0 Å². The Balaban J connectivity index is 1.45. The minimum Gasteiger partial charge on any atom is -0.497 e. The first-order valence-corrected chi connectivity index (χ1v) is 13.1. The van der Waals surface area contributed by atoms with Crippen LogP contribution >= 0.6 is 0 Å². The van der Waals surface area contributed by atoms with E-state index in [2.05, 4.69) is 26.8 Å². The minimum absolute atomic E-state index is 0.228. The average Bonchev–Trinajstić information content (AvgIpc) is 3.52. The van der Waals surface area contributed by atoms with Gasteiger partial charge in [-0.1, -0.05) is 39.0 Å². The van der Waals surface area contributed by atoms with Gasteiger partial charge in [-0.05, 0) is 88.9 Å². The topological polar surface area (TPSA) is 65.0 Å². The summed E-state index contributed by atoms with van der Waals surface area (Å²) >= 11 is 0. The zero-order valence-corrected chi connectivity index (χ0v) is 22.6. The lowest BCUT2D eigenvalue weighted by Crippen LogP contribution is -2.21. The van der Waals surface area contributed by atoms with Crippen LogP contribution in [0.3, 0.4) is 0 Å². The van der Waals surface area contributed by atoms with Crippen LogP contribution in [-0.2, 0) is 28.0 Å². The average molecular weight is 519 g/mol. The van der Waals surface area contributed by atoms with E-state index in [9.17, 15) is 9.90 Å². The number of carboxylic acid groups (broad SMARTS) is 1. The van der Waals surface area contributed by atoms with E-state index in [0.717, 1.165) is 40.8 Å². The summed E-state index contributed by atoms with van der Waals surface area (Å²) in [6.45, 7) is 6.61. The van der Waals surface area contributed by atoms with Gasteiger partial charge in [-0.25, -0.2) is 4.39 Å². The van der Waals surface area contributed by atoms with E-state index in [-0.39, 0.29) is 28.7 Å². The molecule has 1 saturated carbocycles. The van der Waals surface area contributed by atoms with Gasteiger partial charge >= 0.3 is 5.97 Å². The number of aryl methyl sites for hydroxylation is 1. The number of carboxylic acids is 1. The zero-order chi connectivity index (χ0) is 27.2. The number of benzene rings is 3. The fourth-order valence-corrected chi connectivity index (χ4v) is 6.14. The van der Waals surface area contributed by atoms with Gasteiger partial charge in [-0.15, -0.1) is 0 Å². The van der Waals surface area contributed by atoms with E-state index < -0.39 is 5.97 Å². The molecule has 1 N–H and O–H groups in total. The number of ether oxygens (including phenoxy) is 3. The normalized spacial score (nSPS) is 20.7. The molecule has 3 aromatic rings. The molecule has 0 aromatic heterocycles. The Labute approximate surface area is 223 Å². The van der Waals surface area contributed by atoms with Gasteiger partial charge in [0.25, 0.3) is 0 Å². The van der Waals surface area contributed by atoms with E-state index in [1.54, 1.807) is 26.4 Å². The molecule has 0 saturated heterocycles. The highest BCUT2D eigenvalue weighted by Gasteiger charge is 2.61. The molecule has 0 heterocycles. The van der Waals surface area contributed by atoms with E-state index in [4.69, 9.17) is 14.2 Å². The molecule has 38 heavy (non-hydrogen) atoms. The Morgan fingerprint density at radius 1 is 1.05 bits per heavy atom. The Kier molecular flexibility index (Phi) is 6.72. The summed E-state index contributed by atoms with van der Waals surface area (Å²) in [5, 5.41) is 9.55. The highest BCUT2D eigenvalue weighted by Crippen LogP contribution is 2.62. The number of aliphatic carboxylic acids is 1. The van der Waals surface area contributed by atoms with Crippen molar-refractivity contribution >= 4 is 5.97 Å².